The SMILES string of the molecule is Cc1cc(CNC(=O)C2(NC(=O)c3cc(C4CC4)cc(C4CC4)c3)CCCCC2)nn1C. The first-order valence-electron chi connectivity index (χ1n) is 12.2. The molecule has 3 aliphatic rings. The Morgan fingerprint density at radius 3 is 2.16 bits per heavy atom. The molecule has 3 fully saturated rings. The monoisotopic (exact) mass is 434 g/mol. The number of hydrogen-bond acceptors (Lipinski definition) is 3. The third-order valence-electron chi connectivity index (χ3n) is 7.43. The Kier molecular flexibility index (Phi) is 5.56. The van der Waals surface area contributed by atoms with Crippen molar-refractivity contribution in [1.29, 1.82) is 0 Å². The minimum absolute atomic E-state index is 0.0883. The Labute approximate surface area is 190 Å². The molecule has 0 unspecified atom stereocenters. The Hall–Kier alpha value is -2.63. The molecule has 1 heterocycles. The number of nitrogens with one attached hydrogen (secondary N) is 2. The third-order valence-corrected chi connectivity index (χ3v) is 7.43. The average molecular weight is 435 g/mol. The second kappa shape index (κ2) is 8.38. The molecular weight excluding hydrogens is 400 g/mol. The molecule has 0 spiro atoms. The van der Waals surface area contributed by atoms with E-state index in [2.05, 4.69) is 33.9 Å². The van der Waals surface area contributed by atoms with E-state index in [1.165, 1.54) is 36.8 Å². The van der Waals surface area contributed by atoms with Crippen LogP contribution in [0.1, 0.15) is 102 Å². The number of aryl methyl sites for hydroxylation is 2. The van der Waals surface area contributed by atoms with Gasteiger partial charge in [0, 0.05) is 18.3 Å². The molecule has 0 aliphatic heterocycles. The Morgan fingerprint density at radius 1 is 1.00 bits per heavy atom. The predicted octanol–water partition coefficient (Wildman–Crippen LogP) is 4.23. The van der Waals surface area contributed by atoms with Crippen LogP contribution in [-0.2, 0) is 18.4 Å². The lowest BCUT2D eigenvalue weighted by Crippen LogP contribution is -2.59. The fraction of sp³-hybridized carbons (Fsp3) is 0.577. The second-order valence-electron chi connectivity index (χ2n) is 10.1. The maximum Gasteiger partial charge on any atom is 0.252 e. The molecule has 0 bridgehead atoms. The summed E-state index contributed by atoms with van der Waals surface area (Å²) in [6, 6.07) is 8.41. The van der Waals surface area contributed by atoms with Crippen LogP contribution in [0.25, 0.3) is 0 Å². The Balaban J connectivity index is 1.34. The normalized spacial score (nSPS) is 20.1. The Bertz CT molecular complexity index is 977. The van der Waals surface area contributed by atoms with Gasteiger partial charge in [0.25, 0.3) is 5.91 Å². The van der Waals surface area contributed by atoms with Crippen LogP contribution in [0.2, 0.25) is 0 Å². The largest absolute Gasteiger partial charge is 0.348 e. The van der Waals surface area contributed by atoms with Crippen LogP contribution < -0.4 is 10.6 Å². The summed E-state index contributed by atoms with van der Waals surface area (Å²) in [5.41, 5.74) is 4.36. The molecule has 0 radical (unpaired) electrons. The van der Waals surface area contributed by atoms with Gasteiger partial charge in [0.1, 0.15) is 5.54 Å². The fourth-order valence-electron chi connectivity index (χ4n) is 5.03. The minimum Gasteiger partial charge on any atom is -0.348 e. The Morgan fingerprint density at radius 2 is 1.62 bits per heavy atom. The van der Waals surface area contributed by atoms with Crippen molar-refractivity contribution in [1.82, 2.24) is 20.4 Å². The van der Waals surface area contributed by atoms with Crippen LogP contribution in [0.15, 0.2) is 24.3 Å². The van der Waals surface area contributed by atoms with Crippen molar-refractivity contribution >= 4 is 11.8 Å². The summed E-state index contributed by atoms with van der Waals surface area (Å²) >= 11 is 0. The van der Waals surface area contributed by atoms with Crippen molar-refractivity contribution in [3.63, 3.8) is 0 Å². The molecule has 2 aromatic rings. The number of rotatable bonds is 7. The van der Waals surface area contributed by atoms with Gasteiger partial charge >= 0.3 is 0 Å². The van der Waals surface area contributed by atoms with Crippen molar-refractivity contribution in [2.24, 2.45) is 7.05 Å². The van der Waals surface area contributed by atoms with Crippen molar-refractivity contribution in [2.45, 2.75) is 88.6 Å². The molecule has 3 aliphatic carbocycles. The van der Waals surface area contributed by atoms with Gasteiger partial charge in [-0.1, -0.05) is 25.3 Å². The lowest BCUT2D eigenvalue weighted by Gasteiger charge is -2.36. The number of aromatic nitrogens is 2. The molecule has 32 heavy (non-hydrogen) atoms. The molecule has 5 rings (SSSR count). The third kappa shape index (κ3) is 4.45. The van der Waals surface area contributed by atoms with Gasteiger partial charge in [-0.15, -0.1) is 0 Å². The summed E-state index contributed by atoms with van der Waals surface area (Å²) < 4.78 is 1.81. The first-order chi connectivity index (χ1) is 15.4. The molecule has 2 amide bonds. The highest BCUT2D eigenvalue weighted by Gasteiger charge is 2.41. The molecule has 3 saturated carbocycles. The molecule has 1 aromatic carbocycles. The molecule has 0 saturated heterocycles. The van der Waals surface area contributed by atoms with Crippen molar-refractivity contribution in [2.75, 3.05) is 0 Å². The van der Waals surface area contributed by atoms with E-state index in [1.807, 2.05) is 24.7 Å². The van der Waals surface area contributed by atoms with Gasteiger partial charge < -0.3 is 10.6 Å². The van der Waals surface area contributed by atoms with E-state index >= 15 is 0 Å². The summed E-state index contributed by atoms with van der Waals surface area (Å²) in [6.45, 7) is 2.37. The fourth-order valence-corrected chi connectivity index (χ4v) is 5.03. The van der Waals surface area contributed by atoms with E-state index in [9.17, 15) is 9.59 Å². The highest BCUT2D eigenvalue weighted by atomic mass is 16.2. The van der Waals surface area contributed by atoms with Gasteiger partial charge in [-0.3, -0.25) is 14.3 Å². The maximum atomic E-state index is 13.4. The number of hydrogen-bond donors (Lipinski definition) is 2. The van der Waals surface area contributed by atoms with Crippen molar-refractivity contribution in [3.8, 4) is 0 Å². The van der Waals surface area contributed by atoms with Crippen molar-refractivity contribution < 1.29 is 9.59 Å². The smallest absolute Gasteiger partial charge is 0.252 e. The first-order valence-corrected chi connectivity index (χ1v) is 12.2. The van der Waals surface area contributed by atoms with Gasteiger partial charge in [-0.05, 0) is 86.6 Å². The predicted molar refractivity (Wildman–Crippen MR) is 123 cm³/mol. The quantitative estimate of drug-likeness (QED) is 0.685. The summed E-state index contributed by atoms with van der Waals surface area (Å²) in [6.07, 6.45) is 9.24. The zero-order chi connectivity index (χ0) is 22.3. The average Bonchev–Trinajstić information content (AvgIpc) is 3.70. The lowest BCUT2D eigenvalue weighted by molar-refractivity contribution is -0.128. The zero-order valence-corrected chi connectivity index (χ0v) is 19.2. The standard InChI is InChI=1S/C26H34N4O2/c1-17-12-23(29-30(17)2)16-27-25(32)26(10-4-3-5-11-26)28-24(31)22-14-20(18-6-7-18)13-21(15-22)19-8-9-19/h12-15,18-19H,3-11,16H2,1-2H3,(H,27,32)(H,28,31). The number of carbonyl (C=O) groups is 2. The van der Waals surface area contributed by atoms with E-state index in [1.54, 1.807) is 0 Å². The van der Waals surface area contributed by atoms with Gasteiger partial charge in [0.15, 0.2) is 0 Å². The highest BCUT2D eigenvalue weighted by molar-refractivity contribution is 5.99. The minimum atomic E-state index is -0.839. The van der Waals surface area contributed by atoms with E-state index in [0.29, 0.717) is 31.2 Å². The number of carbonyl (C=O) groups excluding carboxylic acids is 2. The van der Waals surface area contributed by atoms with Crippen LogP contribution in [0.4, 0.5) is 0 Å². The molecular formula is C26H34N4O2. The number of benzene rings is 1. The van der Waals surface area contributed by atoms with E-state index < -0.39 is 5.54 Å². The molecule has 6 heteroatoms. The van der Waals surface area contributed by atoms with Crippen LogP contribution >= 0.6 is 0 Å². The molecule has 6 nitrogen and oxygen atoms in total. The zero-order valence-electron chi connectivity index (χ0n) is 19.2. The summed E-state index contributed by atoms with van der Waals surface area (Å²) in [4.78, 5) is 26.8. The van der Waals surface area contributed by atoms with Gasteiger partial charge in [0.2, 0.25) is 5.91 Å². The van der Waals surface area contributed by atoms with E-state index in [0.717, 1.165) is 36.2 Å². The topological polar surface area (TPSA) is 76.0 Å². The maximum absolute atomic E-state index is 13.4. The summed E-state index contributed by atoms with van der Waals surface area (Å²) in [7, 11) is 1.90. The summed E-state index contributed by atoms with van der Waals surface area (Å²) in [5, 5.41) is 10.7. The van der Waals surface area contributed by atoms with Crippen LogP contribution in [-0.4, -0.2) is 27.1 Å². The van der Waals surface area contributed by atoms with Gasteiger partial charge in [-0.25, -0.2) is 0 Å². The highest BCUT2D eigenvalue weighted by Crippen LogP contribution is 2.45. The second-order valence-corrected chi connectivity index (χ2v) is 10.1. The van der Waals surface area contributed by atoms with Crippen LogP contribution in [0.5, 0.6) is 0 Å². The van der Waals surface area contributed by atoms with E-state index in [-0.39, 0.29) is 11.8 Å². The molecule has 0 atom stereocenters. The van der Waals surface area contributed by atoms with Gasteiger partial charge in [-0.2, -0.15) is 5.10 Å². The molecule has 2 N–H and O–H groups in total. The van der Waals surface area contributed by atoms with Crippen LogP contribution in [0, 0.1) is 6.92 Å². The van der Waals surface area contributed by atoms with Crippen LogP contribution in [0.3, 0.4) is 0 Å². The summed E-state index contributed by atoms with van der Waals surface area (Å²) in [5.74, 6) is 1.01. The molecule has 170 valence electrons. The number of nitrogens with zero attached hydrogens (tertiary/aromatic N) is 2. The first kappa shape index (κ1) is 21.2. The number of amides is 2. The molecule has 1 aromatic heterocycles. The van der Waals surface area contributed by atoms with Crippen molar-refractivity contribution in [3.05, 3.63) is 52.3 Å². The van der Waals surface area contributed by atoms with Gasteiger partial charge in [0.05, 0.1) is 12.2 Å². The van der Waals surface area contributed by atoms with E-state index in [4.69, 9.17) is 0 Å². The lowest BCUT2D eigenvalue weighted by atomic mass is 9.80.